The number of rotatable bonds is 3. The van der Waals surface area contributed by atoms with Crippen LogP contribution in [-0.4, -0.2) is 32.0 Å². The van der Waals surface area contributed by atoms with Crippen LogP contribution in [0.5, 0.6) is 0 Å². The lowest BCUT2D eigenvalue weighted by molar-refractivity contribution is 0.0702. The molecule has 1 aliphatic rings. The van der Waals surface area contributed by atoms with Gasteiger partial charge < -0.3 is 14.6 Å². The van der Waals surface area contributed by atoms with Crippen LogP contribution in [0.3, 0.4) is 0 Å². The predicted molar refractivity (Wildman–Crippen MR) is 109 cm³/mol. The molecule has 0 fully saturated rings. The molecule has 144 valence electrons. The van der Waals surface area contributed by atoms with Gasteiger partial charge in [0.1, 0.15) is 11.0 Å². The first-order valence-corrected chi connectivity index (χ1v) is 9.89. The molecule has 0 atom stereocenters. The van der Waals surface area contributed by atoms with E-state index >= 15 is 0 Å². The van der Waals surface area contributed by atoms with Crippen LogP contribution in [0.4, 0.5) is 5.69 Å². The first kappa shape index (κ1) is 17.6. The molecule has 8 heteroatoms. The van der Waals surface area contributed by atoms with Crippen LogP contribution in [0.1, 0.15) is 32.0 Å². The van der Waals surface area contributed by atoms with Gasteiger partial charge in [0, 0.05) is 24.3 Å². The molecule has 2 aromatic heterocycles. The third-order valence-corrected chi connectivity index (χ3v) is 5.57. The molecule has 29 heavy (non-hydrogen) atoms. The van der Waals surface area contributed by atoms with Crippen molar-refractivity contribution in [1.82, 2.24) is 13.6 Å². The highest BCUT2D eigenvalue weighted by Crippen LogP contribution is 2.24. The van der Waals surface area contributed by atoms with Gasteiger partial charge >= 0.3 is 0 Å². The monoisotopic (exact) mass is 404 g/mol. The first-order chi connectivity index (χ1) is 14.2. The Labute approximate surface area is 170 Å². The minimum absolute atomic E-state index is 0.125. The molecule has 3 heterocycles. The van der Waals surface area contributed by atoms with Crippen molar-refractivity contribution in [1.29, 1.82) is 0 Å². The van der Waals surface area contributed by atoms with Gasteiger partial charge in [0.15, 0.2) is 5.76 Å². The summed E-state index contributed by atoms with van der Waals surface area (Å²) in [4.78, 5) is 27.0. The van der Waals surface area contributed by atoms with Crippen molar-refractivity contribution in [2.45, 2.75) is 13.0 Å². The second kappa shape index (κ2) is 7.14. The maximum absolute atomic E-state index is 12.6. The SMILES string of the molecule is O=C(Nc1ccc2c(c1)CN(C(=O)c1ccco1)CC2)c1ccc2nsnc2c1. The van der Waals surface area contributed by atoms with Gasteiger partial charge in [0.2, 0.25) is 0 Å². The van der Waals surface area contributed by atoms with E-state index in [-0.39, 0.29) is 11.8 Å². The molecule has 0 saturated carbocycles. The zero-order valence-corrected chi connectivity index (χ0v) is 16.1. The van der Waals surface area contributed by atoms with Crippen LogP contribution in [-0.2, 0) is 13.0 Å². The summed E-state index contributed by atoms with van der Waals surface area (Å²) in [6.45, 7) is 1.12. The van der Waals surface area contributed by atoms with Gasteiger partial charge in [-0.3, -0.25) is 9.59 Å². The summed E-state index contributed by atoms with van der Waals surface area (Å²) in [6, 6.07) is 14.5. The van der Waals surface area contributed by atoms with Crippen molar-refractivity contribution in [3.63, 3.8) is 0 Å². The van der Waals surface area contributed by atoms with Crippen molar-refractivity contribution in [3.8, 4) is 0 Å². The zero-order chi connectivity index (χ0) is 19.8. The second-order valence-corrected chi connectivity index (χ2v) is 7.39. The third-order valence-electron chi connectivity index (χ3n) is 5.01. The molecule has 5 rings (SSSR count). The van der Waals surface area contributed by atoms with E-state index in [9.17, 15) is 9.59 Å². The van der Waals surface area contributed by atoms with E-state index < -0.39 is 0 Å². The van der Waals surface area contributed by atoms with E-state index in [1.807, 2.05) is 18.2 Å². The Kier molecular flexibility index (Phi) is 4.33. The molecule has 0 radical (unpaired) electrons. The van der Waals surface area contributed by atoms with Gasteiger partial charge in [0.05, 0.1) is 18.0 Å². The number of hydrogen-bond acceptors (Lipinski definition) is 6. The Morgan fingerprint density at radius 2 is 1.93 bits per heavy atom. The molecule has 2 amide bonds. The van der Waals surface area contributed by atoms with Gasteiger partial charge in [-0.25, -0.2) is 0 Å². The summed E-state index contributed by atoms with van der Waals surface area (Å²) in [5.74, 6) is 0.00395. The lowest BCUT2D eigenvalue weighted by Gasteiger charge is -2.28. The van der Waals surface area contributed by atoms with Crippen molar-refractivity contribution in [2.24, 2.45) is 0 Å². The standard InChI is InChI=1S/C21H16N4O3S/c26-20(14-4-6-17-18(11-14)24-29-23-17)22-16-5-3-13-7-8-25(12-15(13)10-16)21(27)19-2-1-9-28-19/h1-6,9-11H,7-8,12H2,(H,22,26). The molecule has 4 aromatic rings. The number of benzene rings is 2. The van der Waals surface area contributed by atoms with E-state index in [1.165, 1.54) is 11.8 Å². The van der Waals surface area contributed by atoms with Gasteiger partial charge in [0.25, 0.3) is 11.8 Å². The van der Waals surface area contributed by atoms with E-state index in [0.29, 0.717) is 35.6 Å². The molecule has 2 aromatic carbocycles. The Morgan fingerprint density at radius 3 is 2.79 bits per heavy atom. The zero-order valence-electron chi connectivity index (χ0n) is 15.3. The lowest BCUT2D eigenvalue weighted by Crippen LogP contribution is -2.35. The minimum Gasteiger partial charge on any atom is -0.459 e. The molecule has 0 unspecified atom stereocenters. The highest BCUT2D eigenvalue weighted by atomic mass is 32.1. The number of furan rings is 1. The van der Waals surface area contributed by atoms with Gasteiger partial charge in [-0.05, 0) is 60.0 Å². The van der Waals surface area contributed by atoms with Crippen LogP contribution in [0, 0.1) is 0 Å². The number of nitrogens with zero attached hydrogens (tertiary/aromatic N) is 3. The number of nitrogens with one attached hydrogen (secondary N) is 1. The van der Waals surface area contributed by atoms with E-state index in [2.05, 4.69) is 14.1 Å². The highest BCUT2D eigenvalue weighted by molar-refractivity contribution is 7.00. The van der Waals surface area contributed by atoms with Gasteiger partial charge in [-0.15, -0.1) is 0 Å². The summed E-state index contributed by atoms with van der Waals surface area (Å²) in [5, 5.41) is 2.93. The van der Waals surface area contributed by atoms with Crippen molar-refractivity contribution in [2.75, 3.05) is 11.9 Å². The van der Waals surface area contributed by atoms with Crippen LogP contribution < -0.4 is 5.32 Å². The fraction of sp³-hybridized carbons (Fsp3) is 0.143. The summed E-state index contributed by atoms with van der Waals surface area (Å²) < 4.78 is 13.6. The van der Waals surface area contributed by atoms with E-state index in [1.54, 1.807) is 35.2 Å². The Balaban J connectivity index is 1.34. The second-order valence-electron chi connectivity index (χ2n) is 6.86. The number of carbonyl (C=O) groups excluding carboxylic acids is 2. The van der Waals surface area contributed by atoms with Crippen molar-refractivity contribution in [3.05, 3.63) is 77.2 Å². The fourth-order valence-electron chi connectivity index (χ4n) is 3.49. The quantitative estimate of drug-likeness (QED) is 0.562. The van der Waals surface area contributed by atoms with Crippen molar-refractivity contribution < 1.29 is 14.0 Å². The molecule has 1 aliphatic heterocycles. The fourth-order valence-corrected chi connectivity index (χ4v) is 4.01. The topological polar surface area (TPSA) is 88.3 Å². The number of fused-ring (bicyclic) bond motifs is 2. The maximum atomic E-state index is 12.6. The Bertz CT molecular complexity index is 1220. The first-order valence-electron chi connectivity index (χ1n) is 9.16. The smallest absolute Gasteiger partial charge is 0.289 e. The van der Waals surface area contributed by atoms with E-state index in [4.69, 9.17) is 4.42 Å². The van der Waals surface area contributed by atoms with E-state index in [0.717, 1.165) is 29.2 Å². The van der Waals surface area contributed by atoms with Crippen LogP contribution in [0.25, 0.3) is 11.0 Å². The van der Waals surface area contributed by atoms with Crippen LogP contribution in [0.2, 0.25) is 0 Å². The molecular formula is C21H16N4O3S. The summed E-state index contributed by atoms with van der Waals surface area (Å²) in [6.07, 6.45) is 2.27. The normalized spacial score (nSPS) is 13.3. The molecule has 0 spiro atoms. The summed E-state index contributed by atoms with van der Waals surface area (Å²) in [5.41, 5.74) is 4.91. The number of hydrogen-bond donors (Lipinski definition) is 1. The molecule has 0 saturated heterocycles. The summed E-state index contributed by atoms with van der Waals surface area (Å²) in [7, 11) is 0. The predicted octanol–water partition coefficient (Wildman–Crippen LogP) is 3.74. The molecule has 7 nitrogen and oxygen atoms in total. The van der Waals surface area contributed by atoms with Crippen LogP contribution >= 0.6 is 11.7 Å². The molecular weight excluding hydrogens is 388 g/mol. The van der Waals surface area contributed by atoms with Crippen LogP contribution in [0.15, 0.2) is 59.2 Å². The number of carbonyl (C=O) groups is 2. The van der Waals surface area contributed by atoms with Gasteiger partial charge in [-0.1, -0.05) is 6.07 Å². The van der Waals surface area contributed by atoms with Crippen molar-refractivity contribution >= 4 is 40.3 Å². The summed E-state index contributed by atoms with van der Waals surface area (Å²) >= 11 is 1.12. The largest absolute Gasteiger partial charge is 0.459 e. The Morgan fingerprint density at radius 1 is 1.03 bits per heavy atom. The minimum atomic E-state index is -0.209. The average Bonchev–Trinajstić information content (AvgIpc) is 3.44. The molecule has 0 aliphatic carbocycles. The Hall–Kier alpha value is -3.52. The number of anilines is 1. The number of aromatic nitrogens is 2. The molecule has 1 N–H and O–H groups in total. The number of amides is 2. The lowest BCUT2D eigenvalue weighted by atomic mass is 9.98. The average molecular weight is 404 g/mol. The third kappa shape index (κ3) is 3.38. The molecule has 0 bridgehead atoms. The maximum Gasteiger partial charge on any atom is 0.289 e. The highest BCUT2D eigenvalue weighted by Gasteiger charge is 2.23. The van der Waals surface area contributed by atoms with Gasteiger partial charge in [-0.2, -0.15) is 8.75 Å².